The maximum atomic E-state index is 12.9. The molecular formula is C18H24FNO3S. The lowest BCUT2D eigenvalue weighted by Gasteiger charge is -2.29. The van der Waals surface area contributed by atoms with Crippen LogP contribution in [0.15, 0.2) is 29.2 Å². The Morgan fingerprint density at radius 2 is 1.92 bits per heavy atom. The molecule has 2 unspecified atom stereocenters. The number of benzene rings is 1. The van der Waals surface area contributed by atoms with Crippen LogP contribution < -0.4 is 0 Å². The van der Waals surface area contributed by atoms with Gasteiger partial charge in [0.15, 0.2) is 0 Å². The molecule has 1 heterocycles. The summed E-state index contributed by atoms with van der Waals surface area (Å²) in [5.74, 6) is -0.745. The quantitative estimate of drug-likeness (QED) is 0.795. The topological polar surface area (TPSA) is 57.6 Å². The zero-order chi connectivity index (χ0) is 17.9. The van der Waals surface area contributed by atoms with Crippen LogP contribution in [-0.4, -0.2) is 40.7 Å². The van der Waals surface area contributed by atoms with Gasteiger partial charge in [0.05, 0.1) is 5.41 Å². The third-order valence-corrected chi connectivity index (χ3v) is 6.15. The summed E-state index contributed by atoms with van der Waals surface area (Å²) in [5.41, 5.74) is -0.834. The number of halogens is 1. The van der Waals surface area contributed by atoms with Gasteiger partial charge in [0.25, 0.3) is 0 Å². The summed E-state index contributed by atoms with van der Waals surface area (Å²) in [4.78, 5) is 26.9. The molecule has 2 atom stereocenters. The SMILES string of the molecule is CC(CSc1ccc(F)cc1)C(=O)N1CCC(C(=O)O)(C(C)C)C1. The van der Waals surface area contributed by atoms with E-state index in [0.29, 0.717) is 18.7 Å². The third kappa shape index (κ3) is 3.91. The predicted molar refractivity (Wildman–Crippen MR) is 92.4 cm³/mol. The minimum Gasteiger partial charge on any atom is -0.481 e. The van der Waals surface area contributed by atoms with E-state index in [1.807, 2.05) is 20.8 Å². The first-order chi connectivity index (χ1) is 11.3. The molecule has 1 saturated heterocycles. The number of nitrogens with zero attached hydrogens (tertiary/aromatic N) is 1. The van der Waals surface area contributed by atoms with Crippen molar-refractivity contribution in [3.63, 3.8) is 0 Å². The molecule has 4 nitrogen and oxygen atoms in total. The molecule has 1 amide bonds. The molecule has 0 saturated carbocycles. The molecular weight excluding hydrogens is 329 g/mol. The maximum absolute atomic E-state index is 12.9. The van der Waals surface area contributed by atoms with Crippen LogP contribution in [0.4, 0.5) is 4.39 Å². The minimum atomic E-state index is -0.834. The average molecular weight is 353 g/mol. The number of amides is 1. The van der Waals surface area contributed by atoms with Gasteiger partial charge in [-0.15, -0.1) is 11.8 Å². The second-order valence-corrected chi connectivity index (χ2v) is 7.89. The standard InChI is InChI=1S/C18H24FNO3S/c1-12(2)18(17(22)23)8-9-20(11-18)16(21)13(3)10-24-15-6-4-14(19)5-7-15/h4-7,12-13H,8-11H2,1-3H3,(H,22,23). The first kappa shape index (κ1) is 18.8. The van der Waals surface area contributed by atoms with Crippen molar-refractivity contribution >= 4 is 23.6 Å². The summed E-state index contributed by atoms with van der Waals surface area (Å²) in [6.07, 6.45) is 0.504. The Morgan fingerprint density at radius 1 is 1.29 bits per heavy atom. The Balaban J connectivity index is 1.94. The molecule has 0 bridgehead atoms. The highest BCUT2D eigenvalue weighted by Gasteiger charge is 2.48. The molecule has 1 N–H and O–H groups in total. The molecule has 24 heavy (non-hydrogen) atoms. The summed E-state index contributed by atoms with van der Waals surface area (Å²) in [7, 11) is 0. The number of carbonyl (C=O) groups excluding carboxylic acids is 1. The molecule has 0 aromatic heterocycles. The van der Waals surface area contributed by atoms with Gasteiger partial charge in [-0.1, -0.05) is 20.8 Å². The van der Waals surface area contributed by atoms with E-state index < -0.39 is 11.4 Å². The summed E-state index contributed by atoms with van der Waals surface area (Å²) in [6.45, 7) is 6.43. The zero-order valence-corrected chi connectivity index (χ0v) is 15.1. The first-order valence-electron chi connectivity index (χ1n) is 8.17. The van der Waals surface area contributed by atoms with Crippen LogP contribution in [0.2, 0.25) is 0 Å². The Kier molecular flexibility index (Phi) is 5.91. The smallest absolute Gasteiger partial charge is 0.311 e. The summed E-state index contributed by atoms with van der Waals surface area (Å²) >= 11 is 1.51. The summed E-state index contributed by atoms with van der Waals surface area (Å²) in [5, 5.41) is 9.57. The molecule has 1 fully saturated rings. The van der Waals surface area contributed by atoms with Crippen LogP contribution in [-0.2, 0) is 9.59 Å². The number of likely N-dealkylation sites (tertiary alicyclic amines) is 1. The largest absolute Gasteiger partial charge is 0.481 e. The number of aliphatic carboxylic acids is 1. The fraction of sp³-hybridized carbons (Fsp3) is 0.556. The summed E-state index contributed by atoms with van der Waals surface area (Å²) in [6, 6.07) is 6.20. The molecule has 0 radical (unpaired) electrons. The van der Waals surface area contributed by atoms with Crippen LogP contribution in [0, 0.1) is 23.1 Å². The van der Waals surface area contributed by atoms with Crippen LogP contribution >= 0.6 is 11.8 Å². The van der Waals surface area contributed by atoms with Crippen molar-refractivity contribution in [1.29, 1.82) is 0 Å². The van der Waals surface area contributed by atoms with Gasteiger partial charge in [-0.3, -0.25) is 9.59 Å². The Bertz CT molecular complexity index is 605. The Labute approximate surface area is 146 Å². The highest BCUT2D eigenvalue weighted by molar-refractivity contribution is 7.99. The lowest BCUT2D eigenvalue weighted by atomic mass is 9.76. The fourth-order valence-corrected chi connectivity index (χ4v) is 3.96. The van der Waals surface area contributed by atoms with E-state index in [-0.39, 0.29) is 30.1 Å². The van der Waals surface area contributed by atoms with Crippen molar-refractivity contribution in [1.82, 2.24) is 4.90 Å². The molecule has 6 heteroatoms. The highest BCUT2D eigenvalue weighted by Crippen LogP contribution is 2.38. The molecule has 1 aliphatic heterocycles. The predicted octanol–water partition coefficient (Wildman–Crippen LogP) is 3.51. The highest BCUT2D eigenvalue weighted by atomic mass is 32.2. The van der Waals surface area contributed by atoms with Gasteiger partial charge in [0.2, 0.25) is 5.91 Å². The van der Waals surface area contributed by atoms with Crippen molar-refractivity contribution in [2.24, 2.45) is 17.3 Å². The molecule has 0 spiro atoms. The second-order valence-electron chi connectivity index (χ2n) is 6.79. The minimum absolute atomic E-state index is 0.00612. The van der Waals surface area contributed by atoms with Crippen molar-refractivity contribution < 1.29 is 19.1 Å². The van der Waals surface area contributed by atoms with E-state index in [9.17, 15) is 19.1 Å². The van der Waals surface area contributed by atoms with Gasteiger partial charge in [-0.25, -0.2) is 4.39 Å². The Hall–Kier alpha value is -1.56. The monoisotopic (exact) mass is 353 g/mol. The van der Waals surface area contributed by atoms with Gasteiger partial charge in [0.1, 0.15) is 5.82 Å². The van der Waals surface area contributed by atoms with E-state index >= 15 is 0 Å². The van der Waals surface area contributed by atoms with Crippen molar-refractivity contribution in [3.05, 3.63) is 30.1 Å². The first-order valence-corrected chi connectivity index (χ1v) is 9.15. The number of hydrogen-bond donors (Lipinski definition) is 1. The lowest BCUT2D eigenvalue weighted by molar-refractivity contribution is -0.151. The third-order valence-electron chi connectivity index (χ3n) is 4.88. The summed E-state index contributed by atoms with van der Waals surface area (Å²) < 4.78 is 12.9. The van der Waals surface area contributed by atoms with Gasteiger partial charge in [-0.2, -0.15) is 0 Å². The fourth-order valence-electron chi connectivity index (χ4n) is 3.05. The van der Waals surface area contributed by atoms with E-state index in [1.165, 1.54) is 23.9 Å². The number of hydrogen-bond acceptors (Lipinski definition) is 3. The molecule has 1 aromatic carbocycles. The molecule has 0 aliphatic carbocycles. The normalized spacial score (nSPS) is 22.0. The van der Waals surface area contributed by atoms with Gasteiger partial charge < -0.3 is 10.0 Å². The van der Waals surface area contributed by atoms with Crippen LogP contribution in [0.25, 0.3) is 0 Å². The van der Waals surface area contributed by atoms with Crippen LogP contribution in [0.3, 0.4) is 0 Å². The number of thioether (sulfide) groups is 1. The van der Waals surface area contributed by atoms with E-state index in [4.69, 9.17) is 0 Å². The average Bonchev–Trinajstić information content (AvgIpc) is 3.00. The van der Waals surface area contributed by atoms with E-state index in [2.05, 4.69) is 0 Å². The van der Waals surface area contributed by atoms with Crippen molar-refractivity contribution in [2.45, 2.75) is 32.1 Å². The van der Waals surface area contributed by atoms with Crippen LogP contribution in [0.5, 0.6) is 0 Å². The van der Waals surface area contributed by atoms with E-state index in [1.54, 1.807) is 17.0 Å². The Morgan fingerprint density at radius 3 is 2.42 bits per heavy atom. The molecule has 1 aromatic rings. The number of carboxylic acids is 1. The van der Waals surface area contributed by atoms with Gasteiger partial charge in [0, 0.05) is 29.7 Å². The molecule has 2 rings (SSSR count). The van der Waals surface area contributed by atoms with Gasteiger partial charge in [-0.05, 0) is 36.6 Å². The van der Waals surface area contributed by atoms with Crippen molar-refractivity contribution in [2.75, 3.05) is 18.8 Å². The van der Waals surface area contributed by atoms with E-state index in [0.717, 1.165) is 4.90 Å². The molecule has 132 valence electrons. The second kappa shape index (κ2) is 7.55. The maximum Gasteiger partial charge on any atom is 0.311 e. The number of rotatable bonds is 6. The van der Waals surface area contributed by atoms with Crippen LogP contribution in [0.1, 0.15) is 27.2 Å². The zero-order valence-electron chi connectivity index (χ0n) is 14.3. The number of carboxylic acid groups (broad SMARTS) is 1. The van der Waals surface area contributed by atoms with Gasteiger partial charge >= 0.3 is 5.97 Å². The number of carbonyl (C=O) groups is 2. The van der Waals surface area contributed by atoms with Crippen molar-refractivity contribution in [3.8, 4) is 0 Å². The molecule has 1 aliphatic rings. The lowest BCUT2D eigenvalue weighted by Crippen LogP contribution is -2.42.